The van der Waals surface area contributed by atoms with Crippen molar-refractivity contribution in [1.29, 1.82) is 0 Å². The Labute approximate surface area is 168 Å². The van der Waals surface area contributed by atoms with Crippen LogP contribution in [0.5, 0.6) is 5.88 Å². The SMILES string of the molecule is COc1nc2c(cc1C(=O)NC(C)(Cc1ccccc1)CC(F)(F)F)CCCC2. The lowest BCUT2D eigenvalue weighted by molar-refractivity contribution is -0.147. The summed E-state index contributed by atoms with van der Waals surface area (Å²) >= 11 is 0. The minimum Gasteiger partial charge on any atom is -0.480 e. The maximum Gasteiger partial charge on any atom is 0.391 e. The molecule has 4 nitrogen and oxygen atoms in total. The number of alkyl halides is 3. The van der Waals surface area contributed by atoms with E-state index in [0.29, 0.717) is 0 Å². The summed E-state index contributed by atoms with van der Waals surface area (Å²) in [7, 11) is 1.41. The highest BCUT2D eigenvalue weighted by Gasteiger charge is 2.41. The molecule has 1 aromatic heterocycles. The molecule has 156 valence electrons. The van der Waals surface area contributed by atoms with Gasteiger partial charge in [-0.3, -0.25) is 4.79 Å². The van der Waals surface area contributed by atoms with Crippen LogP contribution in [-0.2, 0) is 19.3 Å². The summed E-state index contributed by atoms with van der Waals surface area (Å²) in [4.78, 5) is 17.4. The molecular weight excluding hydrogens is 381 g/mol. The maximum atomic E-state index is 13.3. The van der Waals surface area contributed by atoms with Gasteiger partial charge in [0, 0.05) is 5.69 Å². The monoisotopic (exact) mass is 406 g/mol. The Morgan fingerprint density at radius 2 is 1.86 bits per heavy atom. The Balaban J connectivity index is 1.90. The Morgan fingerprint density at radius 3 is 2.52 bits per heavy atom. The smallest absolute Gasteiger partial charge is 0.391 e. The molecule has 0 spiro atoms. The normalized spacial score (nSPS) is 15.9. The molecule has 1 amide bonds. The summed E-state index contributed by atoms with van der Waals surface area (Å²) in [6.07, 6.45) is -1.86. The molecule has 29 heavy (non-hydrogen) atoms. The number of hydrogen-bond acceptors (Lipinski definition) is 3. The second-order valence-corrected chi connectivity index (χ2v) is 7.83. The van der Waals surface area contributed by atoms with Crippen LogP contribution in [0.3, 0.4) is 0 Å². The molecule has 1 heterocycles. The highest BCUT2D eigenvalue weighted by molar-refractivity contribution is 5.97. The van der Waals surface area contributed by atoms with Crippen molar-refractivity contribution >= 4 is 5.91 Å². The fourth-order valence-electron chi connectivity index (χ4n) is 3.91. The van der Waals surface area contributed by atoms with Crippen LogP contribution >= 0.6 is 0 Å². The predicted octanol–water partition coefficient (Wildman–Crippen LogP) is 4.65. The topological polar surface area (TPSA) is 51.2 Å². The molecule has 2 aromatic rings. The van der Waals surface area contributed by atoms with Gasteiger partial charge in [0.15, 0.2) is 0 Å². The number of nitrogens with zero attached hydrogens (tertiary/aromatic N) is 1. The highest BCUT2D eigenvalue weighted by Crippen LogP contribution is 2.31. The first-order valence-corrected chi connectivity index (χ1v) is 9.69. The predicted molar refractivity (Wildman–Crippen MR) is 104 cm³/mol. The lowest BCUT2D eigenvalue weighted by Gasteiger charge is -2.32. The van der Waals surface area contributed by atoms with Crippen molar-refractivity contribution in [2.45, 2.75) is 57.2 Å². The Morgan fingerprint density at radius 1 is 1.17 bits per heavy atom. The zero-order valence-electron chi connectivity index (χ0n) is 16.6. The lowest BCUT2D eigenvalue weighted by Crippen LogP contribution is -2.50. The zero-order chi connectivity index (χ0) is 21.1. The molecule has 0 bridgehead atoms. The van der Waals surface area contributed by atoms with Gasteiger partial charge in [-0.2, -0.15) is 13.2 Å². The number of hydrogen-bond donors (Lipinski definition) is 1. The Bertz CT molecular complexity index is 868. The quantitative estimate of drug-likeness (QED) is 0.760. The van der Waals surface area contributed by atoms with Crippen molar-refractivity contribution in [2.24, 2.45) is 0 Å². The van der Waals surface area contributed by atoms with Gasteiger partial charge in [-0.25, -0.2) is 4.98 Å². The number of halogens is 3. The molecule has 0 saturated heterocycles. The number of aromatic nitrogens is 1. The first-order chi connectivity index (χ1) is 13.7. The molecule has 1 aromatic carbocycles. The van der Waals surface area contributed by atoms with Gasteiger partial charge in [-0.1, -0.05) is 30.3 Å². The number of ether oxygens (including phenoxy) is 1. The summed E-state index contributed by atoms with van der Waals surface area (Å²) < 4.78 is 45.1. The average Bonchev–Trinajstić information content (AvgIpc) is 2.65. The molecule has 1 unspecified atom stereocenters. The maximum absolute atomic E-state index is 13.3. The van der Waals surface area contributed by atoms with E-state index in [1.54, 1.807) is 36.4 Å². The van der Waals surface area contributed by atoms with Crippen LogP contribution in [0.2, 0.25) is 0 Å². The standard InChI is InChI=1S/C22H25F3N2O2/c1-21(14-22(23,24)25,13-15-8-4-3-5-9-15)27-19(28)17-12-16-10-6-7-11-18(16)26-20(17)29-2/h3-5,8-9,12H,6-7,10-11,13-14H2,1-2H3,(H,27,28). The summed E-state index contributed by atoms with van der Waals surface area (Å²) in [6.45, 7) is 1.42. The van der Waals surface area contributed by atoms with Gasteiger partial charge in [0.1, 0.15) is 5.56 Å². The van der Waals surface area contributed by atoms with Crippen LogP contribution in [0.1, 0.15) is 53.4 Å². The highest BCUT2D eigenvalue weighted by atomic mass is 19.4. The number of fused-ring (bicyclic) bond motifs is 1. The van der Waals surface area contributed by atoms with Crippen LogP contribution in [-0.4, -0.2) is 29.7 Å². The van der Waals surface area contributed by atoms with Crippen LogP contribution in [0, 0.1) is 0 Å². The molecule has 0 aliphatic heterocycles. The summed E-state index contributed by atoms with van der Waals surface area (Å²) in [5, 5.41) is 2.62. The van der Waals surface area contributed by atoms with Crippen molar-refractivity contribution in [2.75, 3.05) is 7.11 Å². The number of benzene rings is 1. The molecule has 1 atom stereocenters. The van der Waals surface area contributed by atoms with E-state index in [0.717, 1.165) is 42.5 Å². The second-order valence-electron chi connectivity index (χ2n) is 7.83. The number of carbonyl (C=O) groups is 1. The molecule has 3 rings (SSSR count). The molecular formula is C22H25F3N2O2. The molecule has 7 heteroatoms. The number of carbonyl (C=O) groups excluding carboxylic acids is 1. The van der Waals surface area contributed by atoms with E-state index in [9.17, 15) is 18.0 Å². The van der Waals surface area contributed by atoms with Gasteiger partial charge in [-0.15, -0.1) is 0 Å². The van der Waals surface area contributed by atoms with Crippen LogP contribution in [0.25, 0.3) is 0 Å². The van der Waals surface area contributed by atoms with Gasteiger partial charge in [0.05, 0.1) is 19.1 Å². The van der Waals surface area contributed by atoms with Gasteiger partial charge in [0.2, 0.25) is 5.88 Å². The third-order valence-electron chi connectivity index (χ3n) is 5.15. The first-order valence-electron chi connectivity index (χ1n) is 9.69. The Hall–Kier alpha value is -2.57. The Kier molecular flexibility index (Phi) is 6.15. The van der Waals surface area contributed by atoms with E-state index in [4.69, 9.17) is 4.74 Å². The van der Waals surface area contributed by atoms with Gasteiger partial charge in [-0.05, 0) is 56.2 Å². The fourth-order valence-corrected chi connectivity index (χ4v) is 3.91. The average molecular weight is 406 g/mol. The largest absolute Gasteiger partial charge is 0.480 e. The summed E-state index contributed by atoms with van der Waals surface area (Å²) in [5.41, 5.74) is 1.25. The van der Waals surface area contributed by atoms with E-state index < -0.39 is 24.0 Å². The summed E-state index contributed by atoms with van der Waals surface area (Å²) in [5.74, 6) is -0.456. The molecule has 1 N–H and O–H groups in total. The third kappa shape index (κ3) is 5.49. The molecule has 0 saturated carbocycles. The zero-order valence-corrected chi connectivity index (χ0v) is 16.6. The number of nitrogens with one attached hydrogen (secondary N) is 1. The van der Waals surface area contributed by atoms with Crippen molar-refractivity contribution in [3.8, 4) is 5.88 Å². The van der Waals surface area contributed by atoms with E-state index >= 15 is 0 Å². The second kappa shape index (κ2) is 8.43. The first kappa shape index (κ1) is 21.1. The van der Waals surface area contributed by atoms with Gasteiger partial charge < -0.3 is 10.1 Å². The molecule has 1 aliphatic carbocycles. The number of pyridine rings is 1. The van der Waals surface area contributed by atoms with Crippen LogP contribution < -0.4 is 10.1 Å². The number of methoxy groups -OCH3 is 1. The number of amides is 1. The number of aryl methyl sites for hydroxylation is 2. The summed E-state index contributed by atoms with van der Waals surface area (Å²) in [6, 6.07) is 10.5. The fraction of sp³-hybridized carbons (Fsp3) is 0.455. The lowest BCUT2D eigenvalue weighted by atomic mass is 9.88. The van der Waals surface area contributed by atoms with Crippen molar-refractivity contribution < 1.29 is 22.7 Å². The van der Waals surface area contributed by atoms with Gasteiger partial charge in [0.25, 0.3) is 5.91 Å². The van der Waals surface area contributed by atoms with Crippen molar-refractivity contribution in [1.82, 2.24) is 10.3 Å². The third-order valence-corrected chi connectivity index (χ3v) is 5.15. The van der Waals surface area contributed by atoms with E-state index in [1.807, 2.05) is 0 Å². The number of rotatable bonds is 6. The molecule has 0 fully saturated rings. The van der Waals surface area contributed by atoms with Crippen molar-refractivity contribution in [3.63, 3.8) is 0 Å². The van der Waals surface area contributed by atoms with E-state index in [-0.39, 0.29) is 17.9 Å². The molecule has 0 radical (unpaired) electrons. The van der Waals surface area contributed by atoms with E-state index in [1.165, 1.54) is 14.0 Å². The van der Waals surface area contributed by atoms with Crippen LogP contribution in [0.15, 0.2) is 36.4 Å². The van der Waals surface area contributed by atoms with E-state index in [2.05, 4.69) is 10.3 Å². The van der Waals surface area contributed by atoms with Gasteiger partial charge >= 0.3 is 6.18 Å². The van der Waals surface area contributed by atoms with Crippen molar-refractivity contribution in [3.05, 3.63) is 58.8 Å². The minimum absolute atomic E-state index is 0.0553. The minimum atomic E-state index is -4.42. The van der Waals surface area contributed by atoms with Crippen LogP contribution in [0.4, 0.5) is 13.2 Å². The molecule has 1 aliphatic rings.